The van der Waals surface area contributed by atoms with E-state index in [-0.39, 0.29) is 0 Å². The Morgan fingerprint density at radius 2 is 2.41 bits per heavy atom. The molecule has 0 saturated carbocycles. The molecule has 1 saturated heterocycles. The smallest absolute Gasteiger partial charge is 0.148 e. The summed E-state index contributed by atoms with van der Waals surface area (Å²) < 4.78 is 5.44. The summed E-state index contributed by atoms with van der Waals surface area (Å²) in [6.07, 6.45) is 5.82. The van der Waals surface area contributed by atoms with Gasteiger partial charge in [0, 0.05) is 13.1 Å². The van der Waals surface area contributed by atoms with Crippen LogP contribution in [0.2, 0.25) is 5.02 Å². The molecule has 0 aromatic carbocycles. The molecular formula is C16H21ClN4O. The van der Waals surface area contributed by atoms with Crippen molar-refractivity contribution in [2.24, 2.45) is 5.92 Å². The lowest BCUT2D eigenvalue weighted by Gasteiger charge is -2.32. The number of furan rings is 1. The number of hydrogen-bond donors (Lipinski definition) is 1. The van der Waals surface area contributed by atoms with Gasteiger partial charge in [0.05, 0.1) is 19.0 Å². The van der Waals surface area contributed by atoms with Crippen LogP contribution in [-0.2, 0) is 6.54 Å². The molecule has 2 aromatic heterocycles. The lowest BCUT2D eigenvalue weighted by Crippen LogP contribution is -2.37. The number of anilines is 1. The average molecular weight is 321 g/mol. The number of aryl methyl sites for hydroxylation is 1. The Labute approximate surface area is 135 Å². The van der Waals surface area contributed by atoms with Crippen LogP contribution in [0.5, 0.6) is 0 Å². The molecule has 5 nitrogen and oxygen atoms in total. The number of likely N-dealkylation sites (tertiary alicyclic amines) is 1. The predicted octanol–water partition coefficient (Wildman–Crippen LogP) is 3.36. The maximum absolute atomic E-state index is 6.13. The van der Waals surface area contributed by atoms with Crippen molar-refractivity contribution in [2.75, 3.05) is 25.0 Å². The molecule has 1 fully saturated rings. The second-order valence-electron chi connectivity index (χ2n) is 5.82. The van der Waals surface area contributed by atoms with Gasteiger partial charge in [-0.05, 0) is 44.4 Å². The molecule has 1 aliphatic rings. The third-order valence-electron chi connectivity index (χ3n) is 3.99. The first-order valence-electron chi connectivity index (χ1n) is 7.68. The maximum Gasteiger partial charge on any atom is 0.148 e. The number of halogens is 1. The Bertz CT molecular complexity index is 602. The Morgan fingerprint density at radius 3 is 3.23 bits per heavy atom. The Morgan fingerprint density at radius 1 is 1.50 bits per heavy atom. The standard InChI is InChI=1S/C16H21ClN4O/c1-12-18-9-15(17)16(20-12)19-8-13-4-2-6-21(10-13)11-14-5-3-7-22-14/h3,5,7,9,13H,2,4,6,8,10-11H2,1H3,(H,18,19,20). The molecule has 1 N–H and O–H groups in total. The highest BCUT2D eigenvalue weighted by Gasteiger charge is 2.20. The molecule has 3 rings (SSSR count). The summed E-state index contributed by atoms with van der Waals surface area (Å²) in [6.45, 7) is 5.83. The molecule has 22 heavy (non-hydrogen) atoms. The topological polar surface area (TPSA) is 54.2 Å². The van der Waals surface area contributed by atoms with E-state index in [9.17, 15) is 0 Å². The number of nitrogens with zero attached hydrogens (tertiary/aromatic N) is 3. The van der Waals surface area contributed by atoms with E-state index >= 15 is 0 Å². The van der Waals surface area contributed by atoms with Crippen LogP contribution in [0.15, 0.2) is 29.0 Å². The van der Waals surface area contributed by atoms with Crippen molar-refractivity contribution < 1.29 is 4.42 Å². The summed E-state index contributed by atoms with van der Waals surface area (Å²) in [6, 6.07) is 3.98. The van der Waals surface area contributed by atoms with Crippen molar-refractivity contribution >= 4 is 17.4 Å². The summed E-state index contributed by atoms with van der Waals surface area (Å²) in [4.78, 5) is 10.9. The molecule has 6 heteroatoms. The first-order valence-corrected chi connectivity index (χ1v) is 8.06. The van der Waals surface area contributed by atoms with Gasteiger partial charge in [0.2, 0.25) is 0 Å². The van der Waals surface area contributed by atoms with Gasteiger partial charge in [-0.3, -0.25) is 4.90 Å². The van der Waals surface area contributed by atoms with Gasteiger partial charge in [-0.25, -0.2) is 9.97 Å². The first-order chi connectivity index (χ1) is 10.7. The second-order valence-corrected chi connectivity index (χ2v) is 6.22. The second kappa shape index (κ2) is 7.11. The zero-order valence-corrected chi connectivity index (χ0v) is 13.5. The Kier molecular flexibility index (Phi) is 4.95. The van der Waals surface area contributed by atoms with E-state index in [1.807, 2.05) is 19.1 Å². The number of nitrogens with one attached hydrogen (secondary N) is 1. The van der Waals surface area contributed by atoms with Gasteiger partial charge >= 0.3 is 0 Å². The molecule has 3 heterocycles. The van der Waals surface area contributed by atoms with Crippen LogP contribution in [-0.4, -0.2) is 34.5 Å². The van der Waals surface area contributed by atoms with Gasteiger partial charge < -0.3 is 9.73 Å². The van der Waals surface area contributed by atoms with E-state index in [4.69, 9.17) is 16.0 Å². The average Bonchev–Trinajstić information content (AvgIpc) is 3.01. The van der Waals surface area contributed by atoms with E-state index in [1.54, 1.807) is 12.5 Å². The fourth-order valence-electron chi connectivity index (χ4n) is 2.90. The predicted molar refractivity (Wildman–Crippen MR) is 87.0 cm³/mol. The molecule has 2 aromatic rings. The van der Waals surface area contributed by atoms with Crippen molar-refractivity contribution in [3.8, 4) is 0 Å². The van der Waals surface area contributed by atoms with Crippen LogP contribution >= 0.6 is 11.6 Å². The number of hydrogen-bond acceptors (Lipinski definition) is 5. The monoisotopic (exact) mass is 320 g/mol. The highest BCUT2D eigenvalue weighted by Crippen LogP contribution is 2.22. The molecule has 0 spiro atoms. The Balaban J connectivity index is 1.53. The summed E-state index contributed by atoms with van der Waals surface area (Å²) in [5.74, 6) is 3.09. The fraction of sp³-hybridized carbons (Fsp3) is 0.500. The van der Waals surface area contributed by atoms with Gasteiger partial charge in [-0.15, -0.1) is 0 Å². The summed E-state index contributed by atoms with van der Waals surface area (Å²) in [5, 5.41) is 3.95. The minimum Gasteiger partial charge on any atom is -0.468 e. The van der Waals surface area contributed by atoms with E-state index in [0.717, 1.165) is 43.6 Å². The largest absolute Gasteiger partial charge is 0.468 e. The van der Waals surface area contributed by atoms with Gasteiger partial charge in [0.15, 0.2) is 0 Å². The lowest BCUT2D eigenvalue weighted by atomic mass is 9.98. The minimum absolute atomic E-state index is 0.578. The van der Waals surface area contributed by atoms with Gasteiger partial charge in [-0.2, -0.15) is 0 Å². The summed E-state index contributed by atoms with van der Waals surface area (Å²) >= 11 is 6.13. The van der Waals surface area contributed by atoms with Gasteiger partial charge in [0.25, 0.3) is 0 Å². The number of rotatable bonds is 5. The third-order valence-corrected chi connectivity index (χ3v) is 4.26. The minimum atomic E-state index is 0.578. The highest BCUT2D eigenvalue weighted by atomic mass is 35.5. The third kappa shape index (κ3) is 3.99. The van der Waals surface area contributed by atoms with E-state index in [0.29, 0.717) is 10.9 Å². The molecule has 118 valence electrons. The SMILES string of the molecule is Cc1ncc(Cl)c(NCC2CCCN(Cc3ccco3)C2)n1. The number of aromatic nitrogens is 2. The van der Waals surface area contributed by atoms with Crippen LogP contribution in [0.4, 0.5) is 5.82 Å². The Hall–Kier alpha value is -1.59. The van der Waals surface area contributed by atoms with Crippen LogP contribution in [0.1, 0.15) is 24.4 Å². The molecule has 1 aliphatic heterocycles. The quantitative estimate of drug-likeness (QED) is 0.915. The van der Waals surface area contributed by atoms with Crippen molar-refractivity contribution in [3.05, 3.63) is 41.2 Å². The first kappa shape index (κ1) is 15.3. The van der Waals surface area contributed by atoms with Crippen molar-refractivity contribution in [2.45, 2.75) is 26.3 Å². The zero-order valence-electron chi connectivity index (χ0n) is 12.8. The van der Waals surface area contributed by atoms with Crippen molar-refractivity contribution in [1.29, 1.82) is 0 Å². The fourth-order valence-corrected chi connectivity index (χ4v) is 3.06. The van der Waals surface area contributed by atoms with Crippen LogP contribution < -0.4 is 5.32 Å². The maximum atomic E-state index is 6.13. The molecule has 0 radical (unpaired) electrons. The molecule has 0 amide bonds. The highest BCUT2D eigenvalue weighted by molar-refractivity contribution is 6.32. The van der Waals surface area contributed by atoms with E-state index in [2.05, 4.69) is 20.2 Å². The molecule has 0 bridgehead atoms. The van der Waals surface area contributed by atoms with E-state index in [1.165, 1.54) is 12.8 Å². The summed E-state index contributed by atoms with van der Waals surface area (Å²) in [5.41, 5.74) is 0. The van der Waals surface area contributed by atoms with Crippen LogP contribution in [0, 0.1) is 12.8 Å². The normalized spacial score (nSPS) is 19.3. The van der Waals surface area contributed by atoms with Crippen molar-refractivity contribution in [3.63, 3.8) is 0 Å². The molecular weight excluding hydrogens is 300 g/mol. The molecule has 0 aliphatic carbocycles. The zero-order chi connectivity index (χ0) is 15.4. The molecule has 1 unspecified atom stereocenters. The van der Waals surface area contributed by atoms with Gasteiger partial charge in [0.1, 0.15) is 22.4 Å². The van der Waals surface area contributed by atoms with Gasteiger partial charge in [-0.1, -0.05) is 11.6 Å². The lowest BCUT2D eigenvalue weighted by molar-refractivity contribution is 0.162. The summed E-state index contributed by atoms with van der Waals surface area (Å²) in [7, 11) is 0. The van der Waals surface area contributed by atoms with E-state index < -0.39 is 0 Å². The van der Waals surface area contributed by atoms with Crippen molar-refractivity contribution in [1.82, 2.24) is 14.9 Å². The molecule has 1 atom stereocenters. The van der Waals surface area contributed by atoms with Crippen LogP contribution in [0.25, 0.3) is 0 Å². The number of piperidine rings is 1. The van der Waals surface area contributed by atoms with Crippen LogP contribution in [0.3, 0.4) is 0 Å².